The van der Waals surface area contributed by atoms with Crippen molar-refractivity contribution in [3.05, 3.63) is 23.6 Å². The van der Waals surface area contributed by atoms with Gasteiger partial charge in [-0.3, -0.25) is 0 Å². The summed E-state index contributed by atoms with van der Waals surface area (Å²) < 4.78 is 5.34. The number of ether oxygens (including phenoxy) is 1. The molecule has 0 radical (unpaired) electrons. The van der Waals surface area contributed by atoms with E-state index in [9.17, 15) is 0 Å². The molecule has 3 rings (SSSR count). The largest absolute Gasteiger partial charge is 0.471 e. The van der Waals surface area contributed by atoms with Crippen LogP contribution < -0.4 is 5.32 Å². The van der Waals surface area contributed by atoms with Gasteiger partial charge in [-0.1, -0.05) is 19.9 Å². The second kappa shape index (κ2) is 2.85. The van der Waals surface area contributed by atoms with E-state index in [0.29, 0.717) is 6.73 Å². The first-order valence-electron chi connectivity index (χ1n) is 4.74. The van der Waals surface area contributed by atoms with E-state index in [-0.39, 0.29) is 0 Å². The fraction of sp³-hybridized carbons (Fsp3) is 0.600. The molecule has 2 atom stereocenters. The van der Waals surface area contributed by atoms with Gasteiger partial charge in [0.15, 0.2) is 6.73 Å². The van der Waals surface area contributed by atoms with Gasteiger partial charge < -0.3 is 10.1 Å². The molecular weight excluding hydrogens is 150 g/mol. The lowest BCUT2D eigenvalue weighted by Gasteiger charge is -2.02. The second-order valence-corrected chi connectivity index (χ2v) is 3.14. The van der Waals surface area contributed by atoms with Crippen molar-refractivity contribution in [2.45, 2.75) is 20.3 Å². The van der Waals surface area contributed by atoms with Gasteiger partial charge in [0.25, 0.3) is 0 Å². The second-order valence-electron chi connectivity index (χ2n) is 3.14. The van der Waals surface area contributed by atoms with Crippen LogP contribution in [0.25, 0.3) is 0 Å². The molecule has 66 valence electrons. The fourth-order valence-electron chi connectivity index (χ4n) is 1.66. The van der Waals surface area contributed by atoms with E-state index in [1.807, 2.05) is 13.8 Å². The molecule has 2 heteroatoms. The highest BCUT2D eigenvalue weighted by Gasteiger charge is 2.39. The maximum absolute atomic E-state index is 5.34. The highest BCUT2D eigenvalue weighted by Crippen LogP contribution is 2.46. The van der Waals surface area contributed by atoms with E-state index < -0.39 is 0 Å². The Hall–Kier alpha value is -0.920. The van der Waals surface area contributed by atoms with Crippen molar-refractivity contribution in [3.8, 4) is 0 Å². The molecule has 0 amide bonds. The zero-order valence-corrected chi connectivity index (χ0v) is 7.63. The van der Waals surface area contributed by atoms with Gasteiger partial charge in [0.1, 0.15) is 5.76 Å². The third-order valence-electron chi connectivity index (χ3n) is 2.39. The van der Waals surface area contributed by atoms with Crippen molar-refractivity contribution >= 4 is 0 Å². The topological polar surface area (TPSA) is 21.3 Å². The average Bonchev–Trinajstić information content (AvgIpc) is 2.72. The summed E-state index contributed by atoms with van der Waals surface area (Å²) in [4.78, 5) is 0. The molecule has 2 nitrogen and oxygen atoms in total. The summed E-state index contributed by atoms with van der Waals surface area (Å²) in [6, 6.07) is 0. The summed E-state index contributed by atoms with van der Waals surface area (Å²) in [5.74, 6) is 2.71. The van der Waals surface area contributed by atoms with Crippen LogP contribution >= 0.6 is 0 Å². The quantitative estimate of drug-likeness (QED) is 0.593. The highest BCUT2D eigenvalue weighted by molar-refractivity contribution is 5.36. The Morgan fingerprint density at radius 3 is 2.92 bits per heavy atom. The number of fused-ring (bicyclic) bond motifs is 2. The third-order valence-corrected chi connectivity index (χ3v) is 2.39. The summed E-state index contributed by atoms with van der Waals surface area (Å²) >= 11 is 0. The number of hydrogen-bond acceptors (Lipinski definition) is 2. The Balaban J connectivity index is 0.000000264. The molecule has 2 fully saturated rings. The van der Waals surface area contributed by atoms with Crippen LogP contribution in [0.5, 0.6) is 0 Å². The zero-order valence-electron chi connectivity index (χ0n) is 7.63. The first-order valence-corrected chi connectivity index (χ1v) is 4.74. The molecule has 1 heterocycles. The van der Waals surface area contributed by atoms with Crippen LogP contribution in [0.1, 0.15) is 20.3 Å². The summed E-state index contributed by atoms with van der Waals surface area (Å²) in [6.45, 7) is 4.66. The van der Waals surface area contributed by atoms with Crippen LogP contribution in [0.2, 0.25) is 0 Å². The standard InChI is InChI=1S/C8H9NO.C2H6/c1-5-2-7-8(3-6(1)5)10-4-9-7;1-2/h2-3,5-6,9H,1,4H2;1-2H3. The molecule has 1 aliphatic heterocycles. The van der Waals surface area contributed by atoms with Crippen LogP contribution in [0.4, 0.5) is 0 Å². The van der Waals surface area contributed by atoms with Crippen molar-refractivity contribution in [3.63, 3.8) is 0 Å². The molecule has 3 aliphatic rings. The van der Waals surface area contributed by atoms with Crippen LogP contribution in [-0.2, 0) is 4.74 Å². The van der Waals surface area contributed by atoms with Crippen molar-refractivity contribution in [1.82, 2.24) is 5.32 Å². The van der Waals surface area contributed by atoms with E-state index >= 15 is 0 Å². The van der Waals surface area contributed by atoms with Crippen molar-refractivity contribution in [1.29, 1.82) is 0 Å². The normalized spacial score (nSPS) is 33.8. The lowest BCUT2D eigenvalue weighted by atomic mass is 10.1. The first kappa shape index (κ1) is 7.71. The van der Waals surface area contributed by atoms with Gasteiger partial charge in [0.05, 0.1) is 5.70 Å². The molecular formula is C10H15NO. The monoisotopic (exact) mass is 165 g/mol. The predicted octanol–water partition coefficient (Wildman–Crippen LogP) is 2.01. The van der Waals surface area contributed by atoms with Gasteiger partial charge in [-0.05, 0) is 24.3 Å². The maximum Gasteiger partial charge on any atom is 0.159 e. The Bertz CT molecular complexity index is 218. The summed E-state index contributed by atoms with van der Waals surface area (Å²) in [6.07, 6.45) is 5.88. The molecule has 0 aromatic rings. The molecule has 0 bridgehead atoms. The van der Waals surface area contributed by atoms with Crippen LogP contribution in [0.3, 0.4) is 0 Å². The summed E-state index contributed by atoms with van der Waals surface area (Å²) in [7, 11) is 0. The first-order chi connectivity index (χ1) is 5.93. The van der Waals surface area contributed by atoms with Crippen LogP contribution in [0.15, 0.2) is 23.6 Å². The van der Waals surface area contributed by atoms with Crippen molar-refractivity contribution in [2.75, 3.05) is 6.73 Å². The van der Waals surface area contributed by atoms with E-state index in [4.69, 9.17) is 4.74 Å². The fourth-order valence-corrected chi connectivity index (χ4v) is 1.66. The maximum atomic E-state index is 5.34. The summed E-state index contributed by atoms with van der Waals surface area (Å²) in [5.41, 5.74) is 1.22. The Labute approximate surface area is 73.3 Å². The van der Waals surface area contributed by atoms with E-state index in [2.05, 4.69) is 17.5 Å². The molecule has 2 aliphatic carbocycles. The number of nitrogens with one attached hydrogen (secondary N) is 1. The van der Waals surface area contributed by atoms with Crippen molar-refractivity contribution < 1.29 is 4.74 Å². The molecule has 12 heavy (non-hydrogen) atoms. The van der Waals surface area contributed by atoms with Gasteiger partial charge in [0.2, 0.25) is 0 Å². The Kier molecular flexibility index (Phi) is 1.83. The minimum atomic E-state index is 0.664. The number of allylic oxidation sites excluding steroid dienone is 2. The van der Waals surface area contributed by atoms with Gasteiger partial charge in [-0.2, -0.15) is 0 Å². The van der Waals surface area contributed by atoms with Crippen molar-refractivity contribution in [2.24, 2.45) is 11.8 Å². The molecule has 1 N–H and O–H groups in total. The molecule has 2 unspecified atom stereocenters. The van der Waals surface area contributed by atoms with Crippen LogP contribution in [-0.4, -0.2) is 6.73 Å². The van der Waals surface area contributed by atoms with Gasteiger partial charge in [-0.15, -0.1) is 0 Å². The van der Waals surface area contributed by atoms with Gasteiger partial charge in [-0.25, -0.2) is 0 Å². The van der Waals surface area contributed by atoms with E-state index in [0.717, 1.165) is 17.6 Å². The zero-order chi connectivity index (χ0) is 8.55. The SMILES string of the molecule is C1=C2NCOC2=CC2CC12.CC. The Morgan fingerprint density at radius 1 is 1.33 bits per heavy atom. The Morgan fingerprint density at radius 2 is 2.08 bits per heavy atom. The smallest absolute Gasteiger partial charge is 0.159 e. The van der Waals surface area contributed by atoms with E-state index in [1.165, 1.54) is 12.1 Å². The molecule has 0 spiro atoms. The molecule has 0 aromatic carbocycles. The average molecular weight is 165 g/mol. The minimum Gasteiger partial charge on any atom is -0.471 e. The van der Waals surface area contributed by atoms with E-state index in [1.54, 1.807) is 0 Å². The lowest BCUT2D eigenvalue weighted by molar-refractivity contribution is 0.253. The molecule has 1 saturated carbocycles. The molecule has 1 saturated heterocycles. The predicted molar refractivity (Wildman–Crippen MR) is 48.2 cm³/mol. The summed E-state index contributed by atoms with van der Waals surface area (Å²) in [5, 5.41) is 3.19. The molecule has 0 aromatic heterocycles. The number of hydrogen-bond donors (Lipinski definition) is 1. The number of rotatable bonds is 0. The van der Waals surface area contributed by atoms with Gasteiger partial charge in [0, 0.05) is 0 Å². The van der Waals surface area contributed by atoms with Gasteiger partial charge >= 0.3 is 0 Å². The highest BCUT2D eigenvalue weighted by atomic mass is 16.5. The minimum absolute atomic E-state index is 0.664. The third kappa shape index (κ3) is 1.11. The lowest BCUT2D eigenvalue weighted by Crippen LogP contribution is -2.05. The van der Waals surface area contributed by atoms with Crippen LogP contribution in [0, 0.1) is 11.8 Å².